The monoisotopic (exact) mass is 1220 g/mol. The third kappa shape index (κ3) is 8.80. The van der Waals surface area contributed by atoms with E-state index in [1.54, 1.807) is 0 Å². The molecule has 6 heterocycles. The number of benzene rings is 11. The van der Waals surface area contributed by atoms with E-state index in [0.717, 1.165) is 56.3 Å². The molecule has 4 aliphatic heterocycles. The van der Waals surface area contributed by atoms with Crippen molar-refractivity contribution in [2.75, 3.05) is 0 Å². The molecule has 0 spiro atoms. The number of ether oxygens (including phenoxy) is 2. The van der Waals surface area contributed by atoms with E-state index >= 15 is 0 Å². The molecule has 17 rings (SSSR count). The molecule has 0 saturated heterocycles. The van der Waals surface area contributed by atoms with E-state index in [4.69, 9.17) is 9.47 Å². The molecule has 4 aliphatic rings. The van der Waals surface area contributed by atoms with Crippen LogP contribution in [0.2, 0.25) is 0 Å². The summed E-state index contributed by atoms with van der Waals surface area (Å²) in [7, 11) is 0. The van der Waals surface area contributed by atoms with Crippen molar-refractivity contribution in [2.45, 2.75) is 144 Å². The number of hydrogen-bond donors (Lipinski definition) is 0. The molecule has 0 radical (unpaired) electrons. The zero-order valence-corrected chi connectivity index (χ0v) is 57.5. The van der Waals surface area contributed by atoms with Crippen molar-refractivity contribution >= 4 is 89.8 Å². The largest absolute Gasteiger partial charge is 0.456 e. The lowest BCUT2D eigenvalue weighted by Crippen LogP contribution is -2.63. The second kappa shape index (κ2) is 20.1. The second-order valence-corrected chi connectivity index (χ2v) is 32.5. The maximum Gasteiger partial charge on any atom is 0.256 e. The Morgan fingerprint density at radius 1 is 0.298 bits per heavy atom. The zero-order chi connectivity index (χ0) is 65.1. The third-order valence-corrected chi connectivity index (χ3v) is 21.6. The van der Waals surface area contributed by atoms with Crippen molar-refractivity contribution < 1.29 is 9.47 Å². The summed E-state index contributed by atoms with van der Waals surface area (Å²) in [5, 5.41) is 4.87. The number of nitrogens with zero attached hydrogens (tertiary/aromatic N) is 2. The molecular weight excluding hydrogens is 1140 g/mol. The fourth-order valence-corrected chi connectivity index (χ4v) is 16.2. The molecular formula is C88H82B2N2O2. The lowest BCUT2D eigenvalue weighted by atomic mass is 9.31. The Kier molecular flexibility index (Phi) is 12.5. The lowest BCUT2D eigenvalue weighted by Gasteiger charge is -2.41. The highest BCUT2D eigenvalue weighted by Gasteiger charge is 2.51. The summed E-state index contributed by atoms with van der Waals surface area (Å²) < 4.78 is 21.2. The van der Waals surface area contributed by atoms with Crippen molar-refractivity contribution in [3.8, 4) is 78.9 Å². The SMILES string of the molecule is CC(C)c1ccc2c(c1)B1c3c(c4c5c(c3-n3c6ccc(-c7ccc(C(C)(C)C)cc7)cc6c6cc(-c7ccc(C(C)(C)C)cc7)cc1c63)Oc1ccc(C(C)C)cc1B5c1cc(-c3ccc(C(C)(C)C)cc3)cc3c5cc(-c6ccc(C(C)(C)C)cc6)ccc5n-4c13)O2. The minimum Gasteiger partial charge on any atom is -0.456 e. The van der Waals surface area contributed by atoms with Crippen LogP contribution in [0.25, 0.3) is 99.5 Å². The number of fused-ring (bicyclic) bond motifs is 16. The van der Waals surface area contributed by atoms with Gasteiger partial charge in [0.25, 0.3) is 13.4 Å². The molecule has 0 unspecified atom stereocenters. The minimum absolute atomic E-state index is 0.0135. The number of rotatable bonds is 6. The van der Waals surface area contributed by atoms with Crippen LogP contribution in [0.15, 0.2) is 194 Å². The summed E-state index contributed by atoms with van der Waals surface area (Å²) >= 11 is 0. The Labute approximate surface area is 555 Å². The topological polar surface area (TPSA) is 28.3 Å². The van der Waals surface area contributed by atoms with Crippen molar-refractivity contribution in [1.29, 1.82) is 0 Å². The highest BCUT2D eigenvalue weighted by Crippen LogP contribution is 2.51. The quantitative estimate of drug-likeness (QED) is 0.155. The van der Waals surface area contributed by atoms with Crippen LogP contribution in [0, 0.1) is 0 Å². The molecule has 0 N–H and O–H groups in total. The molecule has 0 atom stereocenters. The van der Waals surface area contributed by atoms with Crippen LogP contribution in [-0.4, -0.2) is 22.6 Å². The Bertz CT molecular complexity index is 5040. The normalized spacial score (nSPS) is 13.9. The summed E-state index contributed by atoms with van der Waals surface area (Å²) in [5.41, 5.74) is 31.6. The predicted molar refractivity (Wildman–Crippen MR) is 402 cm³/mol. The van der Waals surface area contributed by atoms with Gasteiger partial charge in [-0.3, -0.25) is 0 Å². The van der Waals surface area contributed by atoms with Gasteiger partial charge in [0.05, 0.1) is 22.4 Å². The van der Waals surface area contributed by atoms with Gasteiger partial charge in [0, 0.05) is 43.5 Å². The van der Waals surface area contributed by atoms with Gasteiger partial charge >= 0.3 is 0 Å². The first-order valence-corrected chi connectivity index (χ1v) is 34.3. The summed E-state index contributed by atoms with van der Waals surface area (Å²) in [5.74, 6) is 4.17. The molecule has 13 aromatic rings. The van der Waals surface area contributed by atoms with E-state index in [2.05, 4.69) is 314 Å². The predicted octanol–water partition coefficient (Wildman–Crippen LogP) is 19.9. The van der Waals surface area contributed by atoms with Gasteiger partial charge in [-0.15, -0.1) is 0 Å². The van der Waals surface area contributed by atoms with Crippen molar-refractivity contribution in [3.63, 3.8) is 0 Å². The molecule has 462 valence electrons. The first-order valence-electron chi connectivity index (χ1n) is 34.3. The summed E-state index contributed by atoms with van der Waals surface area (Å²) in [6, 6.07) is 75.8. The van der Waals surface area contributed by atoms with Gasteiger partial charge < -0.3 is 18.6 Å². The zero-order valence-electron chi connectivity index (χ0n) is 57.5. The van der Waals surface area contributed by atoms with Crippen molar-refractivity contribution in [1.82, 2.24) is 9.13 Å². The molecule has 6 heteroatoms. The molecule has 0 aliphatic carbocycles. The van der Waals surface area contributed by atoms with Crippen LogP contribution in [0.5, 0.6) is 23.0 Å². The van der Waals surface area contributed by atoms with Crippen LogP contribution in [0.3, 0.4) is 0 Å². The third-order valence-electron chi connectivity index (χ3n) is 21.6. The first kappa shape index (κ1) is 58.6. The van der Waals surface area contributed by atoms with Gasteiger partial charge in [-0.2, -0.15) is 0 Å². The maximum absolute atomic E-state index is 7.99. The van der Waals surface area contributed by atoms with E-state index in [0.29, 0.717) is 11.8 Å². The van der Waals surface area contributed by atoms with Crippen LogP contribution in [-0.2, 0) is 21.7 Å². The number of hydrogen-bond acceptors (Lipinski definition) is 2. The second-order valence-electron chi connectivity index (χ2n) is 32.5. The van der Waals surface area contributed by atoms with Gasteiger partial charge in [0.1, 0.15) is 23.0 Å². The molecule has 0 saturated carbocycles. The Balaban J connectivity index is 1.02. The average Bonchev–Trinajstić information content (AvgIpc) is 1.33. The molecule has 11 aromatic carbocycles. The van der Waals surface area contributed by atoms with Gasteiger partial charge in [0.15, 0.2) is 0 Å². The van der Waals surface area contributed by atoms with Crippen molar-refractivity contribution in [3.05, 3.63) is 228 Å². The fraction of sp³-hybridized carbons (Fsp3) is 0.250. The highest BCUT2D eigenvalue weighted by molar-refractivity contribution is 7.02. The Morgan fingerprint density at radius 3 is 0.904 bits per heavy atom. The highest BCUT2D eigenvalue weighted by atomic mass is 16.5. The smallest absolute Gasteiger partial charge is 0.256 e. The maximum atomic E-state index is 7.99. The van der Waals surface area contributed by atoms with Gasteiger partial charge in [-0.05, 0) is 182 Å². The lowest BCUT2D eigenvalue weighted by molar-refractivity contribution is 0.472. The molecule has 2 aromatic heterocycles. The summed E-state index contributed by atoms with van der Waals surface area (Å²) in [6.07, 6.45) is 0. The van der Waals surface area contributed by atoms with Crippen LogP contribution < -0.4 is 42.3 Å². The molecule has 0 amide bonds. The molecule has 4 nitrogen and oxygen atoms in total. The fourth-order valence-electron chi connectivity index (χ4n) is 16.2. The van der Waals surface area contributed by atoms with Crippen LogP contribution >= 0.6 is 0 Å². The molecule has 0 bridgehead atoms. The van der Waals surface area contributed by atoms with Gasteiger partial charge in [-0.25, -0.2) is 0 Å². The standard InChI is InChI=1S/C88H82B2N2O2/c1-49(2)55-27-39-75-69(45-55)89-71-47-59(53-21-33-63(34-22-53)87(11,12)13)43-67-65-41-57(51-17-29-61(30-18-51)85(5,6)7)25-37-73(65)91(79(67)71)81-77(89)83(93-75)82-78-84(81)94-76-40-28-56(50(3)4)46-70(76)90(78)72-48-60(54-23-35-64(36-24-54)88(14,15)16)44-68-66-42-58(26-38-74(66)92(82)80(68)72)52-19-31-62(32-20-52)86(8,9)10/h17-50H,1-16H3. The molecule has 0 fully saturated rings. The van der Waals surface area contributed by atoms with Crippen molar-refractivity contribution in [2.24, 2.45) is 0 Å². The summed E-state index contributed by atoms with van der Waals surface area (Å²) in [6.45, 7) is 36.4. The van der Waals surface area contributed by atoms with Crippen LogP contribution in [0.4, 0.5) is 0 Å². The van der Waals surface area contributed by atoms with E-state index < -0.39 is 0 Å². The van der Waals surface area contributed by atoms with E-state index in [1.807, 2.05) is 0 Å². The van der Waals surface area contributed by atoms with E-state index in [1.165, 1.54) is 132 Å². The van der Waals surface area contributed by atoms with E-state index in [9.17, 15) is 0 Å². The summed E-state index contributed by atoms with van der Waals surface area (Å²) in [4.78, 5) is 0. The van der Waals surface area contributed by atoms with Gasteiger partial charge in [-0.1, -0.05) is 256 Å². The number of aromatic nitrogens is 2. The molecule has 94 heavy (non-hydrogen) atoms. The first-order chi connectivity index (χ1) is 44.8. The minimum atomic E-state index is -0.224. The Morgan fingerprint density at radius 2 is 0.596 bits per heavy atom. The van der Waals surface area contributed by atoms with Crippen LogP contribution in [0.1, 0.15) is 156 Å². The average molecular weight is 1220 g/mol. The van der Waals surface area contributed by atoms with Gasteiger partial charge in [0.2, 0.25) is 0 Å². The van der Waals surface area contributed by atoms with E-state index in [-0.39, 0.29) is 35.1 Å². The Hall–Kier alpha value is -9.25.